The Morgan fingerprint density at radius 2 is 1.80 bits per heavy atom. The van der Waals surface area contributed by atoms with Gasteiger partial charge in [0.1, 0.15) is 5.75 Å². The van der Waals surface area contributed by atoms with Gasteiger partial charge in [0.2, 0.25) is 0 Å². The molecule has 1 heterocycles. The molecule has 0 spiro atoms. The van der Waals surface area contributed by atoms with E-state index in [9.17, 15) is 8.42 Å². The Bertz CT molecular complexity index is 780. The van der Waals surface area contributed by atoms with Crippen LogP contribution in [0, 0.1) is 0 Å². The summed E-state index contributed by atoms with van der Waals surface area (Å²) in [4.78, 5) is 0.262. The summed E-state index contributed by atoms with van der Waals surface area (Å²) in [6.07, 6.45) is 1.81. The molecule has 0 saturated heterocycles. The van der Waals surface area contributed by atoms with E-state index in [4.69, 9.17) is 4.74 Å². The van der Waals surface area contributed by atoms with E-state index in [1.165, 1.54) is 0 Å². The van der Waals surface area contributed by atoms with Crippen LogP contribution in [0.1, 0.15) is 11.1 Å². The van der Waals surface area contributed by atoms with Gasteiger partial charge in [0, 0.05) is 5.56 Å². The minimum atomic E-state index is -3.54. The van der Waals surface area contributed by atoms with Crippen molar-refractivity contribution in [3.8, 4) is 5.75 Å². The van der Waals surface area contributed by atoms with Crippen molar-refractivity contribution in [2.24, 2.45) is 0 Å². The molecular weight excluding hydrogens is 274 g/mol. The largest absolute Gasteiger partial charge is 0.497 e. The van der Waals surface area contributed by atoms with Gasteiger partial charge in [-0.15, -0.1) is 0 Å². The Morgan fingerprint density at radius 1 is 1.05 bits per heavy atom. The maximum Gasteiger partial charge on any atom is 0.262 e. The standard InChI is InChI=1S/C15H13NO3S/c1-19-13-7-8-15-12(9-13)10-14(16-20(15,17)18)11-5-3-2-4-6-11/h2-10,16H,1H3. The molecule has 2 aromatic carbocycles. The number of fused-ring (bicyclic) bond motifs is 1. The van der Waals surface area contributed by atoms with Gasteiger partial charge in [-0.25, -0.2) is 8.42 Å². The number of benzene rings is 2. The van der Waals surface area contributed by atoms with Gasteiger partial charge in [0.25, 0.3) is 10.0 Å². The fourth-order valence-corrected chi connectivity index (χ4v) is 3.41. The first kappa shape index (κ1) is 12.7. The third-order valence-corrected chi connectivity index (χ3v) is 4.57. The van der Waals surface area contributed by atoms with Crippen LogP contribution in [0.25, 0.3) is 11.8 Å². The Labute approximate surface area is 117 Å². The van der Waals surface area contributed by atoms with Crippen molar-refractivity contribution in [2.45, 2.75) is 4.90 Å². The molecule has 102 valence electrons. The van der Waals surface area contributed by atoms with Crippen LogP contribution in [-0.2, 0) is 10.0 Å². The average molecular weight is 287 g/mol. The molecule has 1 aliphatic heterocycles. The number of hydrogen-bond donors (Lipinski definition) is 1. The highest BCUT2D eigenvalue weighted by Crippen LogP contribution is 2.30. The first-order chi connectivity index (χ1) is 9.60. The lowest BCUT2D eigenvalue weighted by Crippen LogP contribution is -2.26. The van der Waals surface area contributed by atoms with Crippen molar-refractivity contribution in [3.63, 3.8) is 0 Å². The Hall–Kier alpha value is -2.27. The highest BCUT2D eigenvalue weighted by molar-refractivity contribution is 7.90. The van der Waals surface area contributed by atoms with Crippen LogP contribution in [0.4, 0.5) is 0 Å². The van der Waals surface area contributed by atoms with E-state index in [0.717, 1.165) is 5.56 Å². The lowest BCUT2D eigenvalue weighted by atomic mass is 10.1. The molecule has 3 rings (SSSR count). The summed E-state index contributed by atoms with van der Waals surface area (Å²) in [5.74, 6) is 0.629. The SMILES string of the molecule is COc1ccc2c(c1)C=C(c1ccccc1)NS2(=O)=O. The lowest BCUT2D eigenvalue weighted by molar-refractivity contribution is 0.414. The molecule has 1 N–H and O–H groups in total. The van der Waals surface area contributed by atoms with Gasteiger partial charge in [0.15, 0.2) is 0 Å². The summed E-state index contributed by atoms with van der Waals surface area (Å²) < 4.78 is 32.3. The molecule has 0 saturated carbocycles. The Kier molecular flexibility index (Phi) is 2.99. The van der Waals surface area contributed by atoms with Crippen LogP contribution < -0.4 is 9.46 Å². The molecule has 1 aliphatic rings. The number of rotatable bonds is 2. The first-order valence-electron chi connectivity index (χ1n) is 6.08. The van der Waals surface area contributed by atoms with Gasteiger partial charge in [-0.1, -0.05) is 30.3 Å². The molecule has 0 fully saturated rings. The lowest BCUT2D eigenvalue weighted by Gasteiger charge is -2.19. The van der Waals surface area contributed by atoms with E-state index in [1.807, 2.05) is 36.4 Å². The monoisotopic (exact) mass is 287 g/mol. The molecule has 0 bridgehead atoms. The predicted molar refractivity (Wildman–Crippen MR) is 77.6 cm³/mol. The Balaban J connectivity index is 2.19. The van der Waals surface area contributed by atoms with Crippen LogP contribution in [-0.4, -0.2) is 15.5 Å². The van der Waals surface area contributed by atoms with Crippen LogP contribution in [0.2, 0.25) is 0 Å². The van der Waals surface area contributed by atoms with E-state index in [1.54, 1.807) is 25.3 Å². The minimum Gasteiger partial charge on any atom is -0.497 e. The molecular formula is C15H13NO3S. The molecule has 4 nitrogen and oxygen atoms in total. The molecule has 5 heteroatoms. The summed E-state index contributed by atoms with van der Waals surface area (Å²) in [5.41, 5.74) is 2.01. The number of ether oxygens (including phenoxy) is 1. The van der Waals surface area contributed by atoms with E-state index in [2.05, 4.69) is 4.72 Å². The number of nitrogens with one attached hydrogen (secondary N) is 1. The third kappa shape index (κ3) is 2.16. The Morgan fingerprint density at radius 3 is 2.50 bits per heavy atom. The van der Waals surface area contributed by atoms with E-state index in [0.29, 0.717) is 17.0 Å². The van der Waals surface area contributed by atoms with Crippen LogP contribution in [0.5, 0.6) is 5.75 Å². The zero-order valence-corrected chi connectivity index (χ0v) is 11.6. The zero-order chi connectivity index (χ0) is 14.2. The highest BCUT2D eigenvalue weighted by Gasteiger charge is 2.24. The summed E-state index contributed by atoms with van der Waals surface area (Å²) in [6.45, 7) is 0. The number of sulfonamides is 1. The fraction of sp³-hybridized carbons (Fsp3) is 0.0667. The first-order valence-corrected chi connectivity index (χ1v) is 7.56. The van der Waals surface area contributed by atoms with Crippen molar-refractivity contribution < 1.29 is 13.2 Å². The van der Waals surface area contributed by atoms with Crippen molar-refractivity contribution in [1.29, 1.82) is 0 Å². The van der Waals surface area contributed by atoms with Gasteiger partial charge in [-0.3, -0.25) is 4.72 Å². The summed E-state index contributed by atoms with van der Waals surface area (Å²) in [6, 6.07) is 14.2. The van der Waals surface area contributed by atoms with Crippen molar-refractivity contribution in [1.82, 2.24) is 4.72 Å². The van der Waals surface area contributed by atoms with Crippen molar-refractivity contribution >= 4 is 21.8 Å². The summed E-state index contributed by atoms with van der Waals surface area (Å²) in [5, 5.41) is 0. The van der Waals surface area contributed by atoms with Gasteiger partial charge in [-0.05, 0) is 29.8 Å². The summed E-state index contributed by atoms with van der Waals surface area (Å²) >= 11 is 0. The van der Waals surface area contributed by atoms with Gasteiger partial charge in [-0.2, -0.15) is 0 Å². The van der Waals surface area contributed by atoms with Gasteiger partial charge in [0.05, 0.1) is 17.7 Å². The van der Waals surface area contributed by atoms with Crippen LogP contribution in [0.15, 0.2) is 53.4 Å². The van der Waals surface area contributed by atoms with Crippen molar-refractivity contribution in [2.75, 3.05) is 7.11 Å². The maximum absolute atomic E-state index is 12.3. The highest BCUT2D eigenvalue weighted by atomic mass is 32.2. The van der Waals surface area contributed by atoms with Crippen LogP contribution >= 0.6 is 0 Å². The topological polar surface area (TPSA) is 55.4 Å². The van der Waals surface area contributed by atoms with Gasteiger partial charge < -0.3 is 4.74 Å². The van der Waals surface area contributed by atoms with Crippen molar-refractivity contribution in [3.05, 3.63) is 59.7 Å². The van der Waals surface area contributed by atoms with Gasteiger partial charge >= 0.3 is 0 Å². The second kappa shape index (κ2) is 4.68. The zero-order valence-electron chi connectivity index (χ0n) is 10.8. The fourth-order valence-electron chi connectivity index (χ4n) is 2.16. The molecule has 0 atom stereocenters. The smallest absolute Gasteiger partial charge is 0.262 e. The third-order valence-electron chi connectivity index (χ3n) is 3.14. The normalized spacial score (nSPS) is 15.8. The molecule has 0 unspecified atom stereocenters. The molecule has 0 radical (unpaired) electrons. The average Bonchev–Trinajstić information content (AvgIpc) is 2.46. The predicted octanol–water partition coefficient (Wildman–Crippen LogP) is 2.49. The van der Waals surface area contributed by atoms with Crippen LogP contribution in [0.3, 0.4) is 0 Å². The number of hydrogen-bond acceptors (Lipinski definition) is 3. The quantitative estimate of drug-likeness (QED) is 0.923. The van der Waals surface area contributed by atoms with E-state index >= 15 is 0 Å². The molecule has 0 aliphatic carbocycles. The van der Waals surface area contributed by atoms with E-state index in [-0.39, 0.29) is 4.90 Å². The number of methoxy groups -OCH3 is 1. The second-order valence-corrected chi connectivity index (χ2v) is 6.08. The summed E-state index contributed by atoms with van der Waals surface area (Å²) in [7, 11) is -1.98. The molecule has 0 amide bonds. The van der Waals surface area contributed by atoms with E-state index < -0.39 is 10.0 Å². The second-order valence-electron chi connectivity index (χ2n) is 4.43. The molecule has 20 heavy (non-hydrogen) atoms. The molecule has 0 aromatic heterocycles. The minimum absolute atomic E-state index is 0.262. The maximum atomic E-state index is 12.3. The molecule has 2 aromatic rings.